The Morgan fingerprint density at radius 2 is 2.10 bits per heavy atom. The molecular weight excluding hydrogens is 268 g/mol. The second kappa shape index (κ2) is 7.04. The van der Waals surface area contributed by atoms with E-state index in [1.54, 1.807) is 6.08 Å². The van der Waals surface area contributed by atoms with Crippen LogP contribution in [0, 0.1) is 0 Å². The van der Waals surface area contributed by atoms with Gasteiger partial charge in [-0.1, -0.05) is 30.3 Å². The summed E-state index contributed by atoms with van der Waals surface area (Å²) in [5.41, 5.74) is 2.50. The summed E-state index contributed by atoms with van der Waals surface area (Å²) in [6.07, 6.45) is 3.60. The van der Waals surface area contributed by atoms with Crippen LogP contribution in [0.15, 0.2) is 36.4 Å². The fraction of sp³-hybridized carbons (Fsp3) is 0.375. The summed E-state index contributed by atoms with van der Waals surface area (Å²) >= 11 is 0. The first-order valence-electron chi connectivity index (χ1n) is 6.91. The van der Waals surface area contributed by atoms with Crippen molar-refractivity contribution >= 4 is 11.9 Å². The van der Waals surface area contributed by atoms with Crippen molar-refractivity contribution in [2.24, 2.45) is 0 Å². The molecule has 0 aliphatic carbocycles. The normalized spacial score (nSPS) is 18.3. The Hall–Kier alpha value is -2.14. The van der Waals surface area contributed by atoms with Crippen LogP contribution in [0.3, 0.4) is 0 Å². The average Bonchev–Trinajstić information content (AvgIpc) is 2.50. The van der Waals surface area contributed by atoms with Gasteiger partial charge in [-0.3, -0.25) is 9.69 Å². The zero-order valence-electron chi connectivity index (χ0n) is 12.3. The summed E-state index contributed by atoms with van der Waals surface area (Å²) in [5.74, 6) is -0.450. The van der Waals surface area contributed by atoms with Crippen LogP contribution in [0.2, 0.25) is 0 Å². The molecular formula is C16H20N2O3. The smallest absolute Gasteiger partial charge is 0.330 e. The van der Waals surface area contributed by atoms with Crippen molar-refractivity contribution in [3.05, 3.63) is 47.5 Å². The first-order valence-corrected chi connectivity index (χ1v) is 6.91. The third-order valence-corrected chi connectivity index (χ3v) is 3.64. The van der Waals surface area contributed by atoms with E-state index in [4.69, 9.17) is 0 Å². The van der Waals surface area contributed by atoms with Gasteiger partial charge < -0.3 is 10.1 Å². The van der Waals surface area contributed by atoms with E-state index in [0.29, 0.717) is 13.0 Å². The Morgan fingerprint density at radius 3 is 2.81 bits per heavy atom. The van der Waals surface area contributed by atoms with Crippen LogP contribution in [-0.2, 0) is 27.3 Å². The van der Waals surface area contributed by atoms with Gasteiger partial charge in [0.15, 0.2) is 0 Å². The third kappa shape index (κ3) is 3.92. The Bertz CT molecular complexity index is 554. The minimum absolute atomic E-state index is 0.0264. The van der Waals surface area contributed by atoms with Crippen LogP contribution in [-0.4, -0.2) is 43.5 Å². The quantitative estimate of drug-likeness (QED) is 0.660. The number of hydrogen-bond donors (Lipinski definition) is 1. The predicted molar refractivity (Wildman–Crippen MR) is 79.6 cm³/mol. The predicted octanol–water partition coefficient (Wildman–Crippen LogP) is 0.888. The number of nitrogens with zero attached hydrogens (tertiary/aromatic N) is 1. The van der Waals surface area contributed by atoms with Crippen LogP contribution in [0.1, 0.15) is 11.1 Å². The van der Waals surface area contributed by atoms with E-state index in [1.807, 2.05) is 24.1 Å². The highest BCUT2D eigenvalue weighted by atomic mass is 16.5. The lowest BCUT2D eigenvalue weighted by Crippen LogP contribution is -2.48. The molecule has 1 aromatic carbocycles. The van der Waals surface area contributed by atoms with E-state index in [0.717, 1.165) is 6.54 Å². The first kappa shape index (κ1) is 15.3. The first-order chi connectivity index (χ1) is 10.1. The maximum absolute atomic E-state index is 12.2. The monoisotopic (exact) mass is 288 g/mol. The minimum Gasteiger partial charge on any atom is -0.466 e. The minimum atomic E-state index is -0.423. The number of carbonyl (C=O) groups is 2. The number of rotatable bonds is 4. The van der Waals surface area contributed by atoms with Crippen LogP contribution in [0.5, 0.6) is 0 Å². The fourth-order valence-corrected chi connectivity index (χ4v) is 2.45. The summed E-state index contributed by atoms with van der Waals surface area (Å²) < 4.78 is 4.48. The molecule has 1 heterocycles. The summed E-state index contributed by atoms with van der Waals surface area (Å²) in [6.45, 7) is 1.09. The molecule has 1 aliphatic heterocycles. The second-order valence-electron chi connectivity index (χ2n) is 5.07. The van der Waals surface area contributed by atoms with Crippen molar-refractivity contribution < 1.29 is 14.3 Å². The third-order valence-electron chi connectivity index (χ3n) is 3.64. The molecule has 2 rings (SSSR count). The number of carbonyl (C=O) groups excluding carboxylic acids is 2. The molecule has 0 saturated heterocycles. The number of methoxy groups -OCH3 is 1. The fourth-order valence-electron chi connectivity index (χ4n) is 2.45. The van der Waals surface area contributed by atoms with Crippen molar-refractivity contribution in [1.82, 2.24) is 10.2 Å². The summed E-state index contributed by atoms with van der Waals surface area (Å²) in [7, 11) is 3.27. The highest BCUT2D eigenvalue weighted by molar-refractivity contribution is 5.83. The molecule has 1 atom stereocenters. The van der Waals surface area contributed by atoms with Crippen molar-refractivity contribution in [3.8, 4) is 0 Å². The van der Waals surface area contributed by atoms with Gasteiger partial charge in [0.25, 0.3) is 0 Å². The van der Waals surface area contributed by atoms with Gasteiger partial charge in [-0.15, -0.1) is 0 Å². The number of nitrogens with one attached hydrogen (secondary N) is 1. The molecule has 0 fully saturated rings. The molecule has 5 heteroatoms. The van der Waals surface area contributed by atoms with E-state index in [2.05, 4.69) is 22.2 Å². The molecule has 1 N–H and O–H groups in total. The number of amides is 1. The van der Waals surface area contributed by atoms with Gasteiger partial charge in [0, 0.05) is 19.2 Å². The van der Waals surface area contributed by atoms with Gasteiger partial charge in [-0.25, -0.2) is 4.79 Å². The molecule has 112 valence electrons. The lowest BCUT2D eigenvalue weighted by molar-refractivity contribution is -0.135. The largest absolute Gasteiger partial charge is 0.466 e. The van der Waals surface area contributed by atoms with Crippen molar-refractivity contribution in [2.75, 3.05) is 20.7 Å². The SMILES string of the molecule is COC(=O)/C=C/CNC(=O)C1Cc2ccccc2CN1C. The molecule has 21 heavy (non-hydrogen) atoms. The molecule has 1 aromatic rings. The maximum atomic E-state index is 12.2. The van der Waals surface area contributed by atoms with Gasteiger partial charge in [0.05, 0.1) is 13.2 Å². The number of hydrogen-bond acceptors (Lipinski definition) is 4. The topological polar surface area (TPSA) is 58.6 Å². The van der Waals surface area contributed by atoms with Crippen LogP contribution in [0.4, 0.5) is 0 Å². The summed E-state index contributed by atoms with van der Waals surface area (Å²) in [4.78, 5) is 25.2. The molecule has 1 amide bonds. The zero-order valence-corrected chi connectivity index (χ0v) is 12.3. The molecule has 1 aliphatic rings. The highest BCUT2D eigenvalue weighted by Gasteiger charge is 2.28. The summed E-state index contributed by atoms with van der Waals surface area (Å²) in [6, 6.07) is 8.01. The van der Waals surface area contributed by atoms with Gasteiger partial charge in [0.1, 0.15) is 0 Å². The van der Waals surface area contributed by atoms with Gasteiger partial charge in [0.2, 0.25) is 5.91 Å². The van der Waals surface area contributed by atoms with Crippen LogP contribution < -0.4 is 5.32 Å². The van der Waals surface area contributed by atoms with Gasteiger partial charge >= 0.3 is 5.97 Å². The van der Waals surface area contributed by atoms with Crippen molar-refractivity contribution in [2.45, 2.75) is 19.0 Å². The lowest BCUT2D eigenvalue weighted by atomic mass is 9.94. The number of ether oxygens (including phenoxy) is 1. The number of likely N-dealkylation sites (N-methyl/N-ethyl adjacent to an activating group) is 1. The van der Waals surface area contributed by atoms with Crippen LogP contribution in [0.25, 0.3) is 0 Å². The van der Waals surface area contributed by atoms with E-state index in [1.165, 1.54) is 24.3 Å². The van der Waals surface area contributed by atoms with Gasteiger partial charge in [-0.05, 0) is 24.6 Å². The molecule has 0 spiro atoms. The summed E-state index contributed by atoms with van der Waals surface area (Å²) in [5, 5.41) is 2.82. The maximum Gasteiger partial charge on any atom is 0.330 e. The van der Waals surface area contributed by atoms with Crippen molar-refractivity contribution in [1.29, 1.82) is 0 Å². The zero-order chi connectivity index (χ0) is 15.2. The number of fused-ring (bicyclic) bond motifs is 1. The van der Waals surface area contributed by atoms with E-state index in [9.17, 15) is 9.59 Å². The molecule has 0 radical (unpaired) electrons. The second-order valence-corrected chi connectivity index (χ2v) is 5.07. The molecule has 5 nitrogen and oxygen atoms in total. The Kier molecular flexibility index (Phi) is 5.11. The Balaban J connectivity index is 1.91. The van der Waals surface area contributed by atoms with E-state index in [-0.39, 0.29) is 11.9 Å². The molecule has 0 aromatic heterocycles. The van der Waals surface area contributed by atoms with Gasteiger partial charge in [-0.2, -0.15) is 0 Å². The molecule has 0 saturated carbocycles. The Morgan fingerprint density at radius 1 is 1.38 bits per heavy atom. The average molecular weight is 288 g/mol. The van der Waals surface area contributed by atoms with Crippen LogP contribution >= 0.6 is 0 Å². The standard InChI is InChI=1S/C16H20N2O3/c1-18-11-13-7-4-3-6-12(13)10-14(18)16(20)17-9-5-8-15(19)21-2/h3-8,14H,9-11H2,1-2H3,(H,17,20)/b8-5+. The lowest BCUT2D eigenvalue weighted by Gasteiger charge is -2.32. The molecule has 1 unspecified atom stereocenters. The number of esters is 1. The van der Waals surface area contributed by atoms with Crippen molar-refractivity contribution in [3.63, 3.8) is 0 Å². The Labute approximate surface area is 124 Å². The van der Waals surface area contributed by atoms with E-state index < -0.39 is 5.97 Å². The molecule has 0 bridgehead atoms. The van der Waals surface area contributed by atoms with E-state index >= 15 is 0 Å². The number of benzene rings is 1. The highest BCUT2D eigenvalue weighted by Crippen LogP contribution is 2.21.